The van der Waals surface area contributed by atoms with Crippen LogP contribution in [0.15, 0.2) is 18.2 Å². The van der Waals surface area contributed by atoms with E-state index in [0.29, 0.717) is 13.1 Å². The fourth-order valence-corrected chi connectivity index (χ4v) is 4.10. The molecule has 0 atom stereocenters. The first-order valence-electron chi connectivity index (χ1n) is 7.24. The molecule has 5 nitrogen and oxygen atoms in total. The molecule has 1 saturated heterocycles. The van der Waals surface area contributed by atoms with Gasteiger partial charge in [0.25, 0.3) is 0 Å². The van der Waals surface area contributed by atoms with Crippen LogP contribution in [0.5, 0.6) is 0 Å². The summed E-state index contributed by atoms with van der Waals surface area (Å²) in [6.07, 6.45) is -3.40. The van der Waals surface area contributed by atoms with Crippen molar-refractivity contribution in [1.82, 2.24) is 4.31 Å². The van der Waals surface area contributed by atoms with E-state index in [2.05, 4.69) is 5.32 Å². The van der Waals surface area contributed by atoms with Gasteiger partial charge >= 0.3 is 6.18 Å². The van der Waals surface area contributed by atoms with E-state index >= 15 is 0 Å². The molecule has 2 rings (SSSR count). The van der Waals surface area contributed by atoms with Crippen LogP contribution >= 0.6 is 11.6 Å². The Morgan fingerprint density at radius 3 is 2.46 bits per heavy atom. The zero-order valence-electron chi connectivity index (χ0n) is 12.6. The van der Waals surface area contributed by atoms with Crippen molar-refractivity contribution in [2.75, 3.05) is 24.2 Å². The number of hydrogen-bond acceptors (Lipinski definition) is 3. The summed E-state index contributed by atoms with van der Waals surface area (Å²) in [6, 6.07) is 2.97. The molecule has 1 aliphatic heterocycles. The predicted molar refractivity (Wildman–Crippen MR) is 84.3 cm³/mol. The van der Waals surface area contributed by atoms with Crippen molar-refractivity contribution in [2.45, 2.75) is 25.4 Å². The van der Waals surface area contributed by atoms with Crippen LogP contribution in [-0.4, -0.2) is 37.5 Å². The van der Waals surface area contributed by atoms with Gasteiger partial charge in [-0.25, -0.2) is 12.7 Å². The number of halogens is 4. The van der Waals surface area contributed by atoms with Crippen LogP contribution in [0.3, 0.4) is 0 Å². The maximum atomic E-state index is 12.8. The van der Waals surface area contributed by atoms with Crippen LogP contribution < -0.4 is 5.32 Å². The van der Waals surface area contributed by atoms with Crippen LogP contribution in [0.1, 0.15) is 24.8 Å². The van der Waals surface area contributed by atoms with Crippen LogP contribution in [0.2, 0.25) is 5.02 Å². The van der Waals surface area contributed by atoms with E-state index in [4.69, 9.17) is 11.6 Å². The second-order valence-corrected chi connectivity index (χ2v) is 7.91. The second-order valence-electron chi connectivity index (χ2n) is 5.41. The molecule has 0 radical (unpaired) electrons. The summed E-state index contributed by atoms with van der Waals surface area (Å²) in [5.41, 5.74) is -1.15. The molecule has 1 aliphatic rings. The Bertz CT molecular complexity index is 716. The lowest BCUT2D eigenvalue weighted by atomic mass is 10.2. The van der Waals surface area contributed by atoms with Crippen molar-refractivity contribution in [3.63, 3.8) is 0 Å². The first-order chi connectivity index (χ1) is 11.1. The number of carbonyl (C=O) groups is 1. The molecule has 0 aliphatic carbocycles. The molecule has 1 heterocycles. The minimum atomic E-state index is -4.64. The average Bonchev–Trinajstić information content (AvgIpc) is 3.01. The molecule has 1 amide bonds. The largest absolute Gasteiger partial charge is 0.417 e. The Morgan fingerprint density at radius 1 is 1.25 bits per heavy atom. The van der Waals surface area contributed by atoms with Crippen LogP contribution in [0.4, 0.5) is 18.9 Å². The smallest absolute Gasteiger partial charge is 0.326 e. The summed E-state index contributed by atoms with van der Waals surface area (Å²) in [5, 5.41) is 1.79. The van der Waals surface area contributed by atoms with Crippen molar-refractivity contribution < 1.29 is 26.4 Å². The van der Waals surface area contributed by atoms with Gasteiger partial charge in [0.2, 0.25) is 15.9 Å². The molecular formula is C14H16ClF3N2O3S. The second kappa shape index (κ2) is 7.28. The monoisotopic (exact) mass is 384 g/mol. The average molecular weight is 385 g/mol. The van der Waals surface area contributed by atoms with Crippen molar-refractivity contribution in [1.29, 1.82) is 0 Å². The predicted octanol–water partition coefficient (Wildman–Crippen LogP) is 3.11. The first-order valence-corrected chi connectivity index (χ1v) is 9.23. The van der Waals surface area contributed by atoms with Crippen LogP contribution in [0, 0.1) is 0 Å². The minimum Gasteiger partial charge on any atom is -0.326 e. The Morgan fingerprint density at radius 2 is 1.88 bits per heavy atom. The third kappa shape index (κ3) is 4.84. The van der Waals surface area contributed by atoms with E-state index in [1.165, 1.54) is 10.4 Å². The fourth-order valence-electron chi connectivity index (χ4n) is 2.36. The van der Waals surface area contributed by atoms with E-state index in [-0.39, 0.29) is 17.9 Å². The number of amides is 1. The molecule has 0 bridgehead atoms. The number of anilines is 1. The molecule has 0 unspecified atom stereocenters. The standard InChI is InChI=1S/C14H16ClF3N2O3S/c15-12-4-3-10(9-11(12)14(16,17)18)19-13(21)5-8-24(22,23)20-6-1-2-7-20/h3-4,9H,1-2,5-8H2,(H,19,21). The highest BCUT2D eigenvalue weighted by Gasteiger charge is 2.33. The lowest BCUT2D eigenvalue weighted by molar-refractivity contribution is -0.137. The molecule has 134 valence electrons. The minimum absolute atomic E-state index is 0.0877. The van der Waals surface area contributed by atoms with E-state index in [0.717, 1.165) is 25.0 Å². The van der Waals surface area contributed by atoms with Gasteiger partial charge in [-0.05, 0) is 31.0 Å². The number of benzene rings is 1. The van der Waals surface area contributed by atoms with Gasteiger partial charge in [0.1, 0.15) is 0 Å². The van der Waals surface area contributed by atoms with Crippen LogP contribution in [0.25, 0.3) is 0 Å². The zero-order valence-corrected chi connectivity index (χ0v) is 14.1. The molecule has 1 N–H and O–H groups in total. The number of rotatable bonds is 5. The molecule has 1 aromatic carbocycles. The molecule has 0 spiro atoms. The van der Waals surface area contributed by atoms with Crippen molar-refractivity contribution in [2.24, 2.45) is 0 Å². The number of sulfonamides is 1. The fraction of sp³-hybridized carbons (Fsp3) is 0.500. The van der Waals surface area contributed by atoms with Gasteiger partial charge in [0.15, 0.2) is 0 Å². The SMILES string of the molecule is O=C(CCS(=O)(=O)N1CCCC1)Nc1ccc(Cl)c(C(F)(F)F)c1. The zero-order chi connectivity index (χ0) is 18.0. The summed E-state index contributed by atoms with van der Waals surface area (Å²) < 4.78 is 63.6. The quantitative estimate of drug-likeness (QED) is 0.848. The molecule has 24 heavy (non-hydrogen) atoms. The number of alkyl halides is 3. The first kappa shape index (κ1) is 19.0. The maximum Gasteiger partial charge on any atom is 0.417 e. The molecule has 10 heteroatoms. The Hall–Kier alpha value is -1.32. The van der Waals surface area contributed by atoms with Gasteiger partial charge in [-0.15, -0.1) is 0 Å². The summed E-state index contributed by atoms with van der Waals surface area (Å²) in [7, 11) is -3.51. The molecule has 1 aromatic rings. The summed E-state index contributed by atoms with van der Waals surface area (Å²) in [4.78, 5) is 11.8. The van der Waals surface area contributed by atoms with Gasteiger partial charge in [-0.2, -0.15) is 13.2 Å². The summed E-state index contributed by atoms with van der Waals surface area (Å²) in [5.74, 6) is -1.05. The number of nitrogens with one attached hydrogen (secondary N) is 1. The molecule has 0 saturated carbocycles. The normalized spacial score (nSPS) is 16.3. The van der Waals surface area contributed by atoms with Gasteiger partial charge in [0, 0.05) is 25.2 Å². The van der Waals surface area contributed by atoms with Gasteiger partial charge in [-0.3, -0.25) is 4.79 Å². The molecular weight excluding hydrogens is 369 g/mol. The highest BCUT2D eigenvalue weighted by Crippen LogP contribution is 2.36. The van der Waals surface area contributed by atoms with Gasteiger partial charge < -0.3 is 5.32 Å². The van der Waals surface area contributed by atoms with Gasteiger partial charge in [0.05, 0.1) is 16.3 Å². The number of nitrogens with zero attached hydrogens (tertiary/aromatic N) is 1. The Balaban J connectivity index is 1.98. The number of carbonyl (C=O) groups excluding carboxylic acids is 1. The third-order valence-electron chi connectivity index (χ3n) is 3.60. The van der Waals surface area contributed by atoms with Crippen molar-refractivity contribution >= 4 is 33.2 Å². The van der Waals surface area contributed by atoms with Crippen molar-refractivity contribution in [3.05, 3.63) is 28.8 Å². The van der Waals surface area contributed by atoms with Crippen molar-refractivity contribution in [3.8, 4) is 0 Å². The highest BCUT2D eigenvalue weighted by molar-refractivity contribution is 7.89. The number of hydrogen-bond donors (Lipinski definition) is 1. The summed E-state index contributed by atoms with van der Waals surface area (Å²) in [6.45, 7) is 0.881. The lowest BCUT2D eigenvalue weighted by Crippen LogP contribution is -2.31. The van der Waals surface area contributed by atoms with Crippen LogP contribution in [-0.2, 0) is 21.0 Å². The summed E-state index contributed by atoms with van der Waals surface area (Å²) >= 11 is 5.49. The van der Waals surface area contributed by atoms with E-state index in [1.54, 1.807) is 0 Å². The molecule has 0 aromatic heterocycles. The van der Waals surface area contributed by atoms with E-state index < -0.39 is 32.7 Å². The molecule has 1 fully saturated rings. The van der Waals surface area contributed by atoms with Gasteiger partial charge in [-0.1, -0.05) is 11.6 Å². The maximum absolute atomic E-state index is 12.8. The van der Waals surface area contributed by atoms with E-state index in [1.807, 2.05) is 0 Å². The lowest BCUT2D eigenvalue weighted by Gasteiger charge is -2.15. The third-order valence-corrected chi connectivity index (χ3v) is 5.80. The highest BCUT2D eigenvalue weighted by atomic mass is 35.5. The Kier molecular flexibility index (Phi) is 5.77. The topological polar surface area (TPSA) is 66.5 Å². The Labute approximate surface area is 142 Å². The van der Waals surface area contributed by atoms with E-state index in [9.17, 15) is 26.4 Å².